The van der Waals surface area contributed by atoms with Gasteiger partial charge in [0.05, 0.1) is 30.0 Å². The van der Waals surface area contributed by atoms with Crippen LogP contribution in [0.5, 0.6) is 5.75 Å². The summed E-state index contributed by atoms with van der Waals surface area (Å²) in [6.07, 6.45) is 7.39. The third kappa shape index (κ3) is 5.88. The lowest BCUT2D eigenvalue weighted by Gasteiger charge is -2.35. The number of benzene rings is 2. The van der Waals surface area contributed by atoms with Gasteiger partial charge in [-0.2, -0.15) is 8.75 Å². The summed E-state index contributed by atoms with van der Waals surface area (Å²) in [5, 5.41) is 1.17. The average Bonchev–Trinajstić information content (AvgIpc) is 3.44. The van der Waals surface area contributed by atoms with E-state index in [0.717, 1.165) is 68.3 Å². The number of nitrogens with zero attached hydrogens (tertiary/aromatic N) is 5. The Morgan fingerprint density at radius 3 is 2.92 bits per heavy atom. The number of ether oxygens (including phenoxy) is 1. The molecule has 2 aromatic heterocycles. The van der Waals surface area contributed by atoms with Crippen LogP contribution in [0.2, 0.25) is 0 Å². The summed E-state index contributed by atoms with van der Waals surface area (Å²) in [4.78, 5) is 21.7. The Balaban J connectivity index is 1.15. The number of carbonyl (C=O) groups is 1. The third-order valence-electron chi connectivity index (χ3n) is 6.70. The largest absolute Gasteiger partial charge is 0.494 e. The van der Waals surface area contributed by atoms with Crippen molar-refractivity contribution >= 4 is 28.5 Å². The Labute approximate surface area is 216 Å². The van der Waals surface area contributed by atoms with Crippen LogP contribution in [0.4, 0.5) is 0 Å². The quantitative estimate of drug-likeness (QED) is 0.315. The molecule has 4 aromatic rings. The van der Waals surface area contributed by atoms with Crippen molar-refractivity contribution in [1.82, 2.24) is 23.5 Å². The van der Waals surface area contributed by atoms with Gasteiger partial charge in [0.25, 0.3) is 5.91 Å². The maximum atomic E-state index is 12.8. The van der Waals surface area contributed by atoms with Crippen molar-refractivity contribution in [2.45, 2.75) is 44.8 Å². The van der Waals surface area contributed by atoms with Gasteiger partial charge in [-0.3, -0.25) is 14.7 Å². The van der Waals surface area contributed by atoms with Crippen LogP contribution >= 0.6 is 11.7 Å². The Morgan fingerprint density at radius 1 is 1.14 bits per heavy atom. The van der Waals surface area contributed by atoms with Crippen LogP contribution in [0.3, 0.4) is 0 Å². The lowest BCUT2D eigenvalue weighted by molar-refractivity contribution is 0.0575. The normalized spacial score (nSPS) is 15.9. The van der Waals surface area contributed by atoms with E-state index in [0.29, 0.717) is 12.3 Å². The molecule has 1 fully saturated rings. The highest BCUT2D eigenvalue weighted by Gasteiger charge is 2.28. The van der Waals surface area contributed by atoms with Crippen molar-refractivity contribution in [3.05, 3.63) is 83.8 Å². The summed E-state index contributed by atoms with van der Waals surface area (Å²) in [7, 11) is 2.13. The van der Waals surface area contributed by atoms with E-state index in [-0.39, 0.29) is 11.9 Å². The Hall–Kier alpha value is -3.36. The standard InChI is InChI=1S/C28H31N5O2S/c1-32(20-23-9-5-8-22-10-6-14-29-27(22)23)19-21-7-4-12-25(17-21)35-16-13-24-11-2-3-15-33(24)28(34)26-18-30-36-31-26/h4-10,12,14,17-18,24H,2-3,11,13,15-16,19-20H2,1H3/t24-/m0/s1. The minimum absolute atomic E-state index is 0.0140. The highest BCUT2D eigenvalue weighted by molar-refractivity contribution is 6.99. The zero-order chi connectivity index (χ0) is 24.7. The average molecular weight is 502 g/mol. The molecule has 1 atom stereocenters. The summed E-state index contributed by atoms with van der Waals surface area (Å²) in [5.74, 6) is 0.852. The number of piperidine rings is 1. The van der Waals surface area contributed by atoms with Gasteiger partial charge in [0.2, 0.25) is 0 Å². The predicted molar refractivity (Wildman–Crippen MR) is 142 cm³/mol. The lowest BCUT2D eigenvalue weighted by atomic mass is 9.99. The van der Waals surface area contributed by atoms with Crippen LogP contribution in [-0.4, -0.2) is 55.7 Å². The number of rotatable bonds is 9. The van der Waals surface area contributed by atoms with Crippen LogP contribution in [0.15, 0.2) is 67.0 Å². The van der Waals surface area contributed by atoms with Crippen molar-refractivity contribution in [2.24, 2.45) is 0 Å². The van der Waals surface area contributed by atoms with Gasteiger partial charge in [0.15, 0.2) is 5.69 Å². The molecule has 1 saturated heterocycles. The molecule has 7 nitrogen and oxygen atoms in total. The van der Waals surface area contributed by atoms with Crippen molar-refractivity contribution in [3.8, 4) is 5.75 Å². The summed E-state index contributed by atoms with van der Waals surface area (Å²) >= 11 is 1.08. The second kappa shape index (κ2) is 11.6. The number of aromatic nitrogens is 3. The fourth-order valence-corrected chi connectivity index (χ4v) is 5.38. The van der Waals surface area contributed by atoms with Gasteiger partial charge in [-0.1, -0.05) is 36.4 Å². The molecular weight excluding hydrogens is 470 g/mol. The number of likely N-dealkylation sites (tertiary alicyclic amines) is 1. The van der Waals surface area contributed by atoms with Crippen molar-refractivity contribution in [1.29, 1.82) is 0 Å². The molecule has 1 aliphatic heterocycles. The fraction of sp³-hybridized carbons (Fsp3) is 0.357. The molecule has 0 bridgehead atoms. The van der Waals surface area contributed by atoms with Gasteiger partial charge in [0, 0.05) is 43.7 Å². The molecule has 186 valence electrons. The van der Waals surface area contributed by atoms with E-state index in [1.807, 2.05) is 29.3 Å². The molecule has 0 N–H and O–H groups in total. The van der Waals surface area contributed by atoms with Crippen LogP contribution in [-0.2, 0) is 13.1 Å². The number of para-hydroxylation sites is 1. The third-order valence-corrected chi connectivity index (χ3v) is 7.17. The first-order valence-corrected chi connectivity index (χ1v) is 13.2. The molecule has 0 saturated carbocycles. The summed E-state index contributed by atoms with van der Waals surface area (Å²) in [6, 6.07) is 18.9. The monoisotopic (exact) mass is 501 g/mol. The van der Waals surface area contributed by atoms with Crippen molar-refractivity contribution in [2.75, 3.05) is 20.2 Å². The first-order valence-electron chi connectivity index (χ1n) is 12.5. The lowest BCUT2D eigenvalue weighted by Crippen LogP contribution is -2.44. The second-order valence-corrected chi connectivity index (χ2v) is 9.95. The van der Waals surface area contributed by atoms with Gasteiger partial charge in [-0.25, -0.2) is 0 Å². The smallest absolute Gasteiger partial charge is 0.275 e. The number of hydrogen-bond acceptors (Lipinski definition) is 7. The summed E-state index contributed by atoms with van der Waals surface area (Å²) in [5.41, 5.74) is 3.94. The van der Waals surface area contributed by atoms with E-state index in [9.17, 15) is 4.79 Å². The van der Waals surface area contributed by atoms with Crippen molar-refractivity contribution in [3.63, 3.8) is 0 Å². The number of amides is 1. The molecule has 1 aliphatic rings. The first-order chi connectivity index (χ1) is 17.7. The highest BCUT2D eigenvalue weighted by Crippen LogP contribution is 2.23. The SMILES string of the molecule is CN(Cc1cccc(OCC[C@@H]2CCCCN2C(=O)c2cnsn2)c1)Cc1cccc2cccnc12. The van der Waals surface area contributed by atoms with Crippen LogP contribution in [0.1, 0.15) is 47.3 Å². The molecule has 36 heavy (non-hydrogen) atoms. The molecule has 0 aliphatic carbocycles. The van der Waals surface area contributed by atoms with Crippen molar-refractivity contribution < 1.29 is 9.53 Å². The van der Waals surface area contributed by atoms with Crippen LogP contribution < -0.4 is 4.74 Å². The Morgan fingerprint density at radius 2 is 2.03 bits per heavy atom. The number of carbonyl (C=O) groups excluding carboxylic acids is 1. The van der Waals surface area contributed by atoms with E-state index in [4.69, 9.17) is 4.74 Å². The number of hydrogen-bond donors (Lipinski definition) is 0. The van der Waals surface area contributed by atoms with E-state index in [1.165, 1.54) is 16.5 Å². The first kappa shape index (κ1) is 24.3. The van der Waals surface area contributed by atoms with Gasteiger partial charge < -0.3 is 9.64 Å². The summed E-state index contributed by atoms with van der Waals surface area (Å²) in [6.45, 7) is 2.98. The Bertz CT molecular complexity index is 1290. The Kier molecular flexibility index (Phi) is 7.83. The summed E-state index contributed by atoms with van der Waals surface area (Å²) < 4.78 is 14.2. The molecule has 2 aromatic carbocycles. The predicted octanol–water partition coefficient (Wildman–Crippen LogP) is 5.18. The molecule has 3 heterocycles. The van der Waals surface area contributed by atoms with E-state index in [1.54, 1.807) is 6.20 Å². The second-order valence-electron chi connectivity index (χ2n) is 9.39. The molecule has 0 spiro atoms. The van der Waals surface area contributed by atoms with Gasteiger partial charge in [-0.05, 0) is 55.6 Å². The molecular formula is C28H31N5O2S. The zero-order valence-electron chi connectivity index (χ0n) is 20.5. The van der Waals surface area contributed by atoms with Gasteiger partial charge in [0.1, 0.15) is 5.75 Å². The van der Waals surface area contributed by atoms with Crippen LogP contribution in [0, 0.1) is 0 Å². The molecule has 1 amide bonds. The fourth-order valence-electron chi connectivity index (χ4n) is 4.97. The van der Waals surface area contributed by atoms with E-state index < -0.39 is 0 Å². The van der Waals surface area contributed by atoms with Crippen LogP contribution in [0.25, 0.3) is 10.9 Å². The van der Waals surface area contributed by atoms with Gasteiger partial charge in [-0.15, -0.1) is 0 Å². The minimum Gasteiger partial charge on any atom is -0.494 e. The van der Waals surface area contributed by atoms with E-state index >= 15 is 0 Å². The minimum atomic E-state index is -0.0140. The van der Waals surface area contributed by atoms with Gasteiger partial charge >= 0.3 is 0 Å². The van der Waals surface area contributed by atoms with E-state index in [2.05, 4.69) is 62.1 Å². The molecule has 8 heteroatoms. The molecule has 0 unspecified atom stereocenters. The molecule has 0 radical (unpaired) electrons. The zero-order valence-corrected chi connectivity index (χ0v) is 21.4. The molecule has 5 rings (SSSR count). The highest BCUT2D eigenvalue weighted by atomic mass is 32.1. The number of fused-ring (bicyclic) bond motifs is 1. The maximum absolute atomic E-state index is 12.8. The number of pyridine rings is 1. The maximum Gasteiger partial charge on any atom is 0.275 e. The topological polar surface area (TPSA) is 71.5 Å².